The Morgan fingerprint density at radius 2 is 1.90 bits per heavy atom. The number of rotatable bonds is 4. The standard InChI is InChI=1S/C16H23NO3S/c1-12(2)14(4)17(5)21(19,20)16-11-15(7-6-10-18)9-8-13(16)3/h8-9,11-12,14,18H,10H2,1-5H3. The van der Waals surface area contributed by atoms with Crippen LogP contribution in [0, 0.1) is 24.7 Å². The van der Waals surface area contributed by atoms with Gasteiger partial charge in [0.1, 0.15) is 6.61 Å². The van der Waals surface area contributed by atoms with Crippen molar-refractivity contribution >= 4 is 10.0 Å². The second-order valence-corrected chi connectivity index (χ2v) is 7.41. The average Bonchev–Trinajstić information content (AvgIpc) is 2.44. The van der Waals surface area contributed by atoms with Gasteiger partial charge in [-0.1, -0.05) is 31.8 Å². The third-order valence-electron chi connectivity index (χ3n) is 3.70. The number of benzene rings is 1. The molecule has 0 saturated carbocycles. The molecule has 0 saturated heterocycles. The van der Waals surface area contributed by atoms with Gasteiger partial charge in [-0.05, 0) is 37.5 Å². The molecule has 5 heteroatoms. The number of nitrogens with zero attached hydrogens (tertiary/aromatic N) is 1. The summed E-state index contributed by atoms with van der Waals surface area (Å²) in [6.45, 7) is 7.40. The fraction of sp³-hybridized carbons (Fsp3) is 0.500. The fourth-order valence-electron chi connectivity index (χ4n) is 1.89. The minimum absolute atomic E-state index is 0.0958. The summed E-state index contributed by atoms with van der Waals surface area (Å²) < 4.78 is 26.9. The highest BCUT2D eigenvalue weighted by atomic mass is 32.2. The van der Waals surface area contributed by atoms with Crippen molar-refractivity contribution in [2.24, 2.45) is 5.92 Å². The first-order valence-electron chi connectivity index (χ1n) is 6.90. The molecule has 0 aliphatic rings. The van der Waals surface area contributed by atoms with Crippen molar-refractivity contribution in [1.82, 2.24) is 4.31 Å². The maximum atomic E-state index is 12.8. The molecular formula is C16H23NO3S. The molecule has 0 fully saturated rings. The summed E-state index contributed by atoms with van der Waals surface area (Å²) >= 11 is 0. The molecule has 0 aliphatic heterocycles. The summed E-state index contributed by atoms with van der Waals surface area (Å²) in [5, 5.41) is 8.73. The van der Waals surface area contributed by atoms with Crippen LogP contribution in [-0.2, 0) is 10.0 Å². The largest absolute Gasteiger partial charge is 0.384 e. The Morgan fingerprint density at radius 3 is 2.43 bits per heavy atom. The van der Waals surface area contributed by atoms with Gasteiger partial charge >= 0.3 is 0 Å². The zero-order chi connectivity index (χ0) is 16.2. The molecule has 116 valence electrons. The Hall–Kier alpha value is -1.35. The molecule has 0 aliphatic carbocycles. The smallest absolute Gasteiger partial charge is 0.243 e. The van der Waals surface area contributed by atoms with E-state index in [2.05, 4.69) is 11.8 Å². The van der Waals surface area contributed by atoms with Crippen molar-refractivity contribution in [2.45, 2.75) is 38.6 Å². The molecule has 4 nitrogen and oxygen atoms in total. The Labute approximate surface area is 127 Å². The topological polar surface area (TPSA) is 57.6 Å². The van der Waals surface area contributed by atoms with E-state index in [-0.39, 0.29) is 23.5 Å². The quantitative estimate of drug-likeness (QED) is 0.866. The molecule has 1 rings (SSSR count). The summed E-state index contributed by atoms with van der Waals surface area (Å²) in [7, 11) is -1.96. The van der Waals surface area contributed by atoms with Crippen LogP contribution in [0.1, 0.15) is 31.9 Å². The first kappa shape index (κ1) is 17.7. The molecule has 1 atom stereocenters. The normalized spacial score (nSPS) is 13.1. The Bertz CT molecular complexity index is 654. The van der Waals surface area contributed by atoms with E-state index in [9.17, 15) is 8.42 Å². The first-order chi connectivity index (χ1) is 9.71. The molecule has 1 aromatic carbocycles. The number of hydrogen-bond acceptors (Lipinski definition) is 3. The zero-order valence-corrected chi connectivity index (χ0v) is 14.0. The van der Waals surface area contributed by atoms with Crippen molar-refractivity contribution in [2.75, 3.05) is 13.7 Å². The van der Waals surface area contributed by atoms with Gasteiger partial charge in [-0.2, -0.15) is 4.31 Å². The molecule has 21 heavy (non-hydrogen) atoms. The summed E-state index contributed by atoms with van der Waals surface area (Å²) in [6, 6.07) is 4.96. The van der Waals surface area contributed by atoms with Crippen molar-refractivity contribution in [3.63, 3.8) is 0 Å². The van der Waals surface area contributed by atoms with E-state index in [1.807, 2.05) is 20.8 Å². The summed E-state index contributed by atoms with van der Waals surface area (Å²) in [6.07, 6.45) is 0. The van der Waals surface area contributed by atoms with Crippen LogP contribution in [0.4, 0.5) is 0 Å². The second kappa shape index (κ2) is 7.08. The maximum Gasteiger partial charge on any atom is 0.243 e. The Kier molecular flexibility index (Phi) is 5.97. The maximum absolute atomic E-state index is 12.8. The summed E-state index contributed by atoms with van der Waals surface area (Å²) in [4.78, 5) is 0.266. The second-order valence-electron chi connectivity index (χ2n) is 5.45. The van der Waals surface area contributed by atoms with Gasteiger partial charge in [-0.25, -0.2) is 8.42 Å². The molecular weight excluding hydrogens is 286 g/mol. The van der Waals surface area contributed by atoms with Gasteiger partial charge in [-0.15, -0.1) is 0 Å². The molecule has 0 bridgehead atoms. The first-order valence-corrected chi connectivity index (χ1v) is 8.34. The van der Waals surface area contributed by atoms with E-state index in [1.165, 1.54) is 4.31 Å². The van der Waals surface area contributed by atoms with Gasteiger partial charge in [0.25, 0.3) is 0 Å². The lowest BCUT2D eigenvalue weighted by molar-refractivity contribution is 0.315. The van der Waals surface area contributed by atoms with Crippen molar-refractivity contribution < 1.29 is 13.5 Å². The minimum atomic E-state index is -3.56. The fourth-order valence-corrected chi connectivity index (χ4v) is 3.63. The van der Waals surface area contributed by atoms with Crippen LogP contribution < -0.4 is 0 Å². The van der Waals surface area contributed by atoms with Gasteiger partial charge in [0.2, 0.25) is 10.0 Å². The van der Waals surface area contributed by atoms with E-state index in [1.54, 1.807) is 32.2 Å². The zero-order valence-electron chi connectivity index (χ0n) is 13.2. The third kappa shape index (κ3) is 4.07. The van der Waals surface area contributed by atoms with Crippen LogP contribution in [0.5, 0.6) is 0 Å². The lowest BCUT2D eigenvalue weighted by Crippen LogP contribution is -2.38. The monoisotopic (exact) mass is 309 g/mol. The van der Waals surface area contributed by atoms with Crippen molar-refractivity contribution in [3.8, 4) is 11.8 Å². The van der Waals surface area contributed by atoms with Crippen LogP contribution >= 0.6 is 0 Å². The number of aryl methyl sites for hydroxylation is 1. The highest BCUT2D eigenvalue weighted by Crippen LogP contribution is 2.23. The van der Waals surface area contributed by atoms with E-state index in [0.29, 0.717) is 11.1 Å². The van der Waals surface area contributed by atoms with E-state index >= 15 is 0 Å². The molecule has 0 radical (unpaired) electrons. The van der Waals surface area contributed by atoms with E-state index < -0.39 is 10.0 Å². The van der Waals surface area contributed by atoms with Crippen LogP contribution in [0.25, 0.3) is 0 Å². The van der Waals surface area contributed by atoms with Crippen LogP contribution in [0.2, 0.25) is 0 Å². The van der Waals surface area contributed by atoms with Crippen molar-refractivity contribution in [1.29, 1.82) is 0 Å². The van der Waals surface area contributed by atoms with Gasteiger partial charge in [0.15, 0.2) is 0 Å². The number of sulfonamides is 1. The Morgan fingerprint density at radius 1 is 1.29 bits per heavy atom. The van der Waals surface area contributed by atoms with E-state index in [4.69, 9.17) is 5.11 Å². The molecule has 0 spiro atoms. The van der Waals surface area contributed by atoms with Gasteiger partial charge in [0, 0.05) is 18.7 Å². The highest BCUT2D eigenvalue weighted by molar-refractivity contribution is 7.89. The van der Waals surface area contributed by atoms with Gasteiger partial charge in [0.05, 0.1) is 4.90 Å². The van der Waals surface area contributed by atoms with Gasteiger partial charge < -0.3 is 5.11 Å². The predicted molar refractivity (Wildman–Crippen MR) is 84.4 cm³/mol. The minimum Gasteiger partial charge on any atom is -0.384 e. The van der Waals surface area contributed by atoms with Crippen molar-refractivity contribution in [3.05, 3.63) is 29.3 Å². The molecule has 0 amide bonds. The Balaban J connectivity index is 3.31. The van der Waals surface area contributed by atoms with Crippen LogP contribution in [-0.4, -0.2) is 37.5 Å². The van der Waals surface area contributed by atoms with Gasteiger partial charge in [-0.3, -0.25) is 0 Å². The summed E-state index contributed by atoms with van der Waals surface area (Å²) in [5.41, 5.74) is 1.27. The van der Waals surface area contributed by atoms with Crippen LogP contribution in [0.15, 0.2) is 23.1 Å². The molecule has 0 heterocycles. The number of hydrogen-bond donors (Lipinski definition) is 1. The molecule has 0 aromatic heterocycles. The molecule has 1 N–H and O–H groups in total. The molecule has 1 unspecified atom stereocenters. The number of aliphatic hydroxyl groups excluding tert-OH is 1. The lowest BCUT2D eigenvalue weighted by atomic mass is 10.1. The van der Waals surface area contributed by atoms with E-state index in [0.717, 1.165) is 0 Å². The number of aliphatic hydroxyl groups is 1. The third-order valence-corrected chi connectivity index (χ3v) is 5.78. The highest BCUT2D eigenvalue weighted by Gasteiger charge is 2.28. The molecule has 1 aromatic rings. The SMILES string of the molecule is Cc1ccc(C#CCO)cc1S(=O)(=O)N(C)C(C)C(C)C. The van der Waals surface area contributed by atoms with Crippen LogP contribution in [0.3, 0.4) is 0 Å². The predicted octanol–water partition coefficient (Wildman–Crippen LogP) is 2.00. The lowest BCUT2D eigenvalue weighted by Gasteiger charge is -2.27. The summed E-state index contributed by atoms with van der Waals surface area (Å²) in [5.74, 6) is 5.50. The average molecular weight is 309 g/mol.